The Balaban J connectivity index is 2.18. The van der Waals surface area contributed by atoms with Gasteiger partial charge in [-0.1, -0.05) is 82.9 Å². The molecule has 1 nitrogen and oxygen atoms in total. The molecule has 0 radical (unpaired) electrons. The molecule has 0 fully saturated rings. The summed E-state index contributed by atoms with van der Waals surface area (Å²) < 4.78 is 0. The summed E-state index contributed by atoms with van der Waals surface area (Å²) in [5, 5.41) is 3.75. The largest absolute Gasteiger partial charge is 0.289 e. The maximum absolute atomic E-state index is 13.3. The molecule has 1 aliphatic rings. The van der Waals surface area contributed by atoms with Gasteiger partial charge in [0, 0.05) is 16.7 Å². The van der Waals surface area contributed by atoms with Crippen molar-refractivity contribution >= 4 is 29.8 Å². The number of fused-ring (bicyclic) bond motifs is 5. The van der Waals surface area contributed by atoms with Crippen LogP contribution in [0.2, 0.25) is 19.6 Å². The van der Waals surface area contributed by atoms with Crippen molar-refractivity contribution in [1.29, 1.82) is 0 Å². The average Bonchev–Trinajstić information content (AvgIpc) is 2.86. The van der Waals surface area contributed by atoms with Gasteiger partial charge in [0.1, 0.15) is 0 Å². The minimum atomic E-state index is -1.66. The predicted octanol–water partition coefficient (Wildman–Crippen LogP) is 5.89. The third-order valence-corrected chi connectivity index (χ3v) is 7.49. The van der Waals surface area contributed by atoms with E-state index in [0.29, 0.717) is 0 Å². The monoisotopic (exact) mass is 358 g/mol. The molecule has 4 rings (SSSR count). The van der Waals surface area contributed by atoms with E-state index in [9.17, 15) is 4.79 Å². The zero-order chi connectivity index (χ0) is 18.9. The Morgan fingerprint density at radius 3 is 2.08 bits per heavy atom. The molecular weight excluding hydrogens is 332 g/mol. The number of rotatable bonds is 1. The van der Waals surface area contributed by atoms with Gasteiger partial charge < -0.3 is 0 Å². The Labute approximate surface area is 157 Å². The second kappa shape index (κ2) is 5.40. The highest BCUT2D eigenvalue weighted by Gasteiger charge is 2.34. The molecule has 0 aromatic heterocycles. The van der Waals surface area contributed by atoms with Crippen molar-refractivity contribution in [1.82, 2.24) is 0 Å². The van der Waals surface area contributed by atoms with Crippen LogP contribution in [0.3, 0.4) is 0 Å². The van der Waals surface area contributed by atoms with Crippen molar-refractivity contribution in [3.05, 3.63) is 65.2 Å². The van der Waals surface area contributed by atoms with Gasteiger partial charge in [0.15, 0.2) is 5.78 Å². The molecule has 132 valence electrons. The SMILES string of the molecule is CC(C)(C)c1ccc2cc([Si](C)(C)C)c3c(c2c1)-c1ccccc1C3=O. The number of ketones is 1. The summed E-state index contributed by atoms with van der Waals surface area (Å²) in [4.78, 5) is 13.3. The van der Waals surface area contributed by atoms with Crippen LogP contribution in [-0.2, 0) is 5.41 Å². The topological polar surface area (TPSA) is 17.1 Å². The molecular formula is C24H26OSi. The minimum Gasteiger partial charge on any atom is -0.289 e. The Hall–Kier alpha value is -2.19. The van der Waals surface area contributed by atoms with E-state index < -0.39 is 8.07 Å². The van der Waals surface area contributed by atoms with Crippen molar-refractivity contribution in [3.8, 4) is 11.1 Å². The van der Waals surface area contributed by atoms with Gasteiger partial charge >= 0.3 is 0 Å². The van der Waals surface area contributed by atoms with Crippen LogP contribution in [0.5, 0.6) is 0 Å². The van der Waals surface area contributed by atoms with E-state index in [-0.39, 0.29) is 11.2 Å². The summed E-state index contributed by atoms with van der Waals surface area (Å²) in [5.41, 5.74) is 5.47. The van der Waals surface area contributed by atoms with Crippen LogP contribution in [0.1, 0.15) is 42.3 Å². The number of benzene rings is 3. The maximum atomic E-state index is 13.3. The Kier molecular flexibility index (Phi) is 3.58. The molecule has 26 heavy (non-hydrogen) atoms. The quantitative estimate of drug-likeness (QED) is 0.388. The molecule has 0 aliphatic heterocycles. The van der Waals surface area contributed by atoms with Gasteiger partial charge in [0.25, 0.3) is 0 Å². The molecule has 0 saturated carbocycles. The summed E-state index contributed by atoms with van der Waals surface area (Å²) in [6.07, 6.45) is 0. The fraction of sp³-hybridized carbons (Fsp3) is 0.292. The first-order valence-corrected chi connectivity index (χ1v) is 12.8. The molecule has 2 heteroatoms. The molecule has 1 aliphatic carbocycles. The van der Waals surface area contributed by atoms with Crippen LogP contribution in [-0.4, -0.2) is 13.9 Å². The molecule has 0 bridgehead atoms. The number of hydrogen-bond donors (Lipinski definition) is 0. The van der Waals surface area contributed by atoms with Crippen LogP contribution in [0.15, 0.2) is 48.5 Å². The van der Waals surface area contributed by atoms with E-state index in [4.69, 9.17) is 0 Å². The van der Waals surface area contributed by atoms with Crippen LogP contribution < -0.4 is 5.19 Å². The van der Waals surface area contributed by atoms with Crippen molar-refractivity contribution < 1.29 is 4.79 Å². The van der Waals surface area contributed by atoms with Crippen molar-refractivity contribution in [2.45, 2.75) is 45.8 Å². The Bertz CT molecular complexity index is 1060. The molecule has 3 aromatic carbocycles. The summed E-state index contributed by atoms with van der Waals surface area (Å²) >= 11 is 0. The average molecular weight is 359 g/mol. The number of carbonyl (C=O) groups excluding carboxylic acids is 1. The zero-order valence-electron chi connectivity index (χ0n) is 16.5. The highest BCUT2D eigenvalue weighted by Crippen LogP contribution is 2.42. The molecule has 0 atom stereocenters. The minimum absolute atomic E-state index is 0.0840. The van der Waals surface area contributed by atoms with Crippen LogP contribution in [0.25, 0.3) is 21.9 Å². The molecule has 0 heterocycles. The smallest absolute Gasteiger partial charge is 0.194 e. The highest BCUT2D eigenvalue weighted by atomic mass is 28.3. The lowest BCUT2D eigenvalue weighted by Crippen LogP contribution is -2.41. The highest BCUT2D eigenvalue weighted by molar-refractivity contribution is 6.90. The maximum Gasteiger partial charge on any atom is 0.194 e. The first kappa shape index (κ1) is 17.2. The van der Waals surface area contributed by atoms with E-state index in [1.807, 2.05) is 18.2 Å². The van der Waals surface area contributed by atoms with E-state index in [0.717, 1.165) is 22.3 Å². The third kappa shape index (κ3) is 2.47. The molecule has 0 N–H and O–H groups in total. The first-order valence-electron chi connectivity index (χ1n) is 9.35. The van der Waals surface area contributed by atoms with Gasteiger partial charge in [-0.3, -0.25) is 4.79 Å². The summed E-state index contributed by atoms with van der Waals surface area (Å²) in [5.74, 6) is 0.205. The van der Waals surface area contributed by atoms with Crippen LogP contribution >= 0.6 is 0 Å². The van der Waals surface area contributed by atoms with E-state index in [1.165, 1.54) is 21.5 Å². The fourth-order valence-corrected chi connectivity index (χ4v) is 5.58. The molecule has 0 spiro atoms. The van der Waals surface area contributed by atoms with Gasteiger partial charge in [0.2, 0.25) is 0 Å². The van der Waals surface area contributed by atoms with E-state index in [1.54, 1.807) is 0 Å². The van der Waals surface area contributed by atoms with Gasteiger partial charge in [-0.15, -0.1) is 0 Å². The van der Waals surface area contributed by atoms with Crippen molar-refractivity contribution in [3.63, 3.8) is 0 Å². The van der Waals surface area contributed by atoms with E-state index in [2.05, 4.69) is 70.7 Å². The van der Waals surface area contributed by atoms with Gasteiger partial charge in [-0.2, -0.15) is 0 Å². The lowest BCUT2D eigenvalue weighted by Gasteiger charge is -2.24. The summed E-state index contributed by atoms with van der Waals surface area (Å²) in [7, 11) is -1.66. The number of carbonyl (C=O) groups is 1. The molecule has 0 amide bonds. The zero-order valence-corrected chi connectivity index (χ0v) is 17.5. The van der Waals surface area contributed by atoms with Gasteiger partial charge in [0.05, 0.1) is 8.07 Å². The third-order valence-electron chi connectivity index (χ3n) is 5.48. The van der Waals surface area contributed by atoms with Crippen LogP contribution in [0, 0.1) is 0 Å². The second-order valence-electron chi connectivity index (χ2n) is 9.48. The fourth-order valence-electron chi connectivity index (χ4n) is 4.00. The van der Waals surface area contributed by atoms with Gasteiger partial charge in [-0.25, -0.2) is 0 Å². The molecule has 0 unspecified atom stereocenters. The summed E-state index contributed by atoms with van der Waals surface area (Å²) in [6.45, 7) is 13.7. The first-order chi connectivity index (χ1) is 12.1. The predicted molar refractivity (Wildman–Crippen MR) is 114 cm³/mol. The molecule has 0 saturated heterocycles. The number of hydrogen-bond acceptors (Lipinski definition) is 1. The van der Waals surface area contributed by atoms with Crippen molar-refractivity contribution in [2.24, 2.45) is 0 Å². The summed E-state index contributed by atoms with van der Waals surface area (Å²) in [6, 6.07) is 17.2. The second-order valence-corrected chi connectivity index (χ2v) is 14.5. The standard InChI is InChI=1S/C24H26OSi/c1-24(2,3)16-12-11-15-13-20(26(4,5)6)22-21(19(15)14-16)17-9-7-8-10-18(17)23(22)25/h7-14H,1-6H3. The van der Waals surface area contributed by atoms with Gasteiger partial charge in [-0.05, 0) is 38.6 Å². The lowest BCUT2D eigenvalue weighted by atomic mass is 9.84. The Morgan fingerprint density at radius 1 is 0.808 bits per heavy atom. The normalized spacial score (nSPS) is 13.8. The lowest BCUT2D eigenvalue weighted by molar-refractivity contribution is 0.104. The Morgan fingerprint density at radius 2 is 1.46 bits per heavy atom. The molecule has 3 aromatic rings. The van der Waals surface area contributed by atoms with E-state index >= 15 is 0 Å². The van der Waals surface area contributed by atoms with Crippen molar-refractivity contribution in [2.75, 3.05) is 0 Å². The van der Waals surface area contributed by atoms with Crippen LogP contribution in [0.4, 0.5) is 0 Å².